The van der Waals surface area contributed by atoms with Crippen molar-refractivity contribution < 1.29 is 23.1 Å². The van der Waals surface area contributed by atoms with E-state index in [1.807, 2.05) is 0 Å². The molecule has 0 aromatic heterocycles. The Bertz CT molecular complexity index is 327. The molecule has 17 heavy (non-hydrogen) atoms. The maximum absolute atomic E-state index is 11.8. The largest absolute Gasteiger partial charge is 0.509 e. The van der Waals surface area contributed by atoms with Crippen molar-refractivity contribution in [2.45, 2.75) is 31.9 Å². The highest BCUT2D eigenvalue weighted by molar-refractivity contribution is 5.83. The Morgan fingerprint density at radius 3 is 2.12 bits per heavy atom. The van der Waals surface area contributed by atoms with Crippen molar-refractivity contribution in [3.05, 3.63) is 36.6 Å². The van der Waals surface area contributed by atoms with Crippen LogP contribution in [0.5, 0.6) is 0 Å². The van der Waals surface area contributed by atoms with Gasteiger partial charge in [-0.25, -0.2) is 0 Å². The van der Waals surface area contributed by atoms with Gasteiger partial charge < -0.3 is 5.11 Å². The molecule has 0 aromatic rings. The van der Waals surface area contributed by atoms with Crippen LogP contribution >= 0.6 is 0 Å². The van der Waals surface area contributed by atoms with Gasteiger partial charge in [0.05, 0.1) is 0 Å². The molecule has 0 aliphatic rings. The van der Waals surface area contributed by atoms with Crippen molar-refractivity contribution in [1.29, 1.82) is 0 Å². The van der Waals surface area contributed by atoms with Gasteiger partial charge in [-0.1, -0.05) is 24.8 Å². The van der Waals surface area contributed by atoms with E-state index in [9.17, 15) is 18.0 Å². The van der Waals surface area contributed by atoms with Crippen molar-refractivity contribution in [3.63, 3.8) is 0 Å². The van der Waals surface area contributed by atoms with E-state index in [-0.39, 0.29) is 12.2 Å². The molecule has 0 atom stereocenters. The number of ketones is 1. The minimum atomic E-state index is -4.73. The lowest BCUT2D eigenvalue weighted by atomic mass is 10.1. The fraction of sp³-hybridized carbons (Fsp3) is 0.417. The molecule has 0 rings (SSSR count). The van der Waals surface area contributed by atoms with E-state index in [0.717, 1.165) is 0 Å². The van der Waals surface area contributed by atoms with Gasteiger partial charge in [0.25, 0.3) is 0 Å². The molecule has 0 amide bonds. The third-order valence-corrected chi connectivity index (χ3v) is 1.98. The SMILES string of the molecule is C=C(O)/C=C\C(=C)CCCCC(=O)C(F)(F)F. The molecule has 0 spiro atoms. The molecule has 2 nitrogen and oxygen atoms in total. The Morgan fingerprint density at radius 2 is 1.65 bits per heavy atom. The van der Waals surface area contributed by atoms with Crippen molar-refractivity contribution in [3.8, 4) is 0 Å². The van der Waals surface area contributed by atoms with Gasteiger partial charge in [-0.2, -0.15) is 13.2 Å². The number of Topliss-reactive ketones (excluding diaryl/α,β-unsaturated/α-hetero) is 1. The van der Waals surface area contributed by atoms with Crippen LogP contribution in [0.1, 0.15) is 25.7 Å². The second-order valence-corrected chi connectivity index (χ2v) is 3.61. The quantitative estimate of drug-likeness (QED) is 0.422. The summed E-state index contributed by atoms with van der Waals surface area (Å²) in [6, 6.07) is 0. The topological polar surface area (TPSA) is 37.3 Å². The van der Waals surface area contributed by atoms with E-state index in [4.69, 9.17) is 5.11 Å². The van der Waals surface area contributed by atoms with Crippen LogP contribution < -0.4 is 0 Å². The first-order chi connectivity index (χ1) is 7.73. The van der Waals surface area contributed by atoms with Crippen LogP contribution in [-0.4, -0.2) is 17.1 Å². The molecule has 96 valence electrons. The van der Waals surface area contributed by atoms with Crippen LogP contribution in [0, 0.1) is 0 Å². The number of carbonyl (C=O) groups is 1. The number of carbonyl (C=O) groups excluding carboxylic acids is 1. The first-order valence-corrected chi connectivity index (χ1v) is 5.07. The summed E-state index contributed by atoms with van der Waals surface area (Å²) in [5.74, 6) is -1.80. The lowest BCUT2D eigenvalue weighted by Crippen LogP contribution is -2.22. The highest BCUT2D eigenvalue weighted by atomic mass is 19.4. The van der Waals surface area contributed by atoms with E-state index in [2.05, 4.69) is 13.2 Å². The van der Waals surface area contributed by atoms with E-state index in [0.29, 0.717) is 18.4 Å². The first-order valence-electron chi connectivity index (χ1n) is 5.07. The van der Waals surface area contributed by atoms with Gasteiger partial charge in [0.1, 0.15) is 5.76 Å². The van der Waals surface area contributed by atoms with Crippen LogP contribution in [0.2, 0.25) is 0 Å². The monoisotopic (exact) mass is 248 g/mol. The van der Waals surface area contributed by atoms with E-state index < -0.39 is 18.4 Å². The highest BCUT2D eigenvalue weighted by Crippen LogP contribution is 2.20. The van der Waals surface area contributed by atoms with Crippen LogP contribution in [0.25, 0.3) is 0 Å². The summed E-state index contributed by atoms with van der Waals surface area (Å²) < 4.78 is 35.5. The number of hydrogen-bond donors (Lipinski definition) is 1. The van der Waals surface area contributed by atoms with Gasteiger partial charge >= 0.3 is 6.18 Å². The molecular formula is C12H15F3O2. The van der Waals surface area contributed by atoms with Crippen LogP contribution in [0.3, 0.4) is 0 Å². The molecule has 0 saturated heterocycles. The Kier molecular flexibility index (Phi) is 6.31. The zero-order valence-electron chi connectivity index (χ0n) is 9.39. The maximum atomic E-state index is 11.8. The molecule has 0 aliphatic carbocycles. The molecule has 5 heteroatoms. The minimum absolute atomic E-state index is 0.113. The standard InChI is InChI=1S/C12H15F3O2/c1-9(7-8-10(2)16)5-3-4-6-11(17)12(13,14)15/h7-8,16H,1-6H2/b8-7-. The number of allylic oxidation sites excluding steroid dienone is 3. The molecular weight excluding hydrogens is 233 g/mol. The van der Waals surface area contributed by atoms with Crippen LogP contribution in [0.15, 0.2) is 36.6 Å². The summed E-state index contributed by atoms with van der Waals surface area (Å²) in [6.45, 7) is 6.88. The number of unbranched alkanes of at least 4 members (excludes halogenated alkanes) is 1. The Hall–Kier alpha value is -1.52. The third-order valence-electron chi connectivity index (χ3n) is 1.98. The Labute approximate surface area is 98.1 Å². The molecule has 0 aliphatic heterocycles. The number of aliphatic hydroxyl groups is 1. The summed E-state index contributed by atoms with van der Waals surface area (Å²) in [7, 11) is 0. The number of hydrogen-bond acceptors (Lipinski definition) is 2. The van der Waals surface area contributed by atoms with Gasteiger partial charge in [-0.3, -0.25) is 4.79 Å². The fourth-order valence-electron chi connectivity index (χ4n) is 1.08. The summed E-state index contributed by atoms with van der Waals surface area (Å²) in [4.78, 5) is 10.5. The summed E-state index contributed by atoms with van der Waals surface area (Å²) >= 11 is 0. The number of aliphatic hydroxyl groups excluding tert-OH is 1. The van der Waals surface area contributed by atoms with Crippen LogP contribution in [0.4, 0.5) is 13.2 Å². The zero-order chi connectivity index (χ0) is 13.5. The van der Waals surface area contributed by atoms with Gasteiger partial charge in [-0.15, -0.1) is 0 Å². The lowest BCUT2D eigenvalue weighted by Gasteiger charge is -2.04. The molecule has 0 unspecified atom stereocenters. The molecule has 0 radical (unpaired) electrons. The van der Waals surface area contributed by atoms with E-state index in [1.165, 1.54) is 12.2 Å². The van der Waals surface area contributed by atoms with Crippen LogP contribution in [-0.2, 0) is 4.79 Å². The van der Waals surface area contributed by atoms with E-state index in [1.54, 1.807) is 0 Å². The van der Waals surface area contributed by atoms with Crippen molar-refractivity contribution >= 4 is 5.78 Å². The lowest BCUT2D eigenvalue weighted by molar-refractivity contribution is -0.171. The number of halogens is 3. The highest BCUT2D eigenvalue weighted by Gasteiger charge is 2.36. The molecule has 1 N–H and O–H groups in total. The smallest absolute Gasteiger partial charge is 0.449 e. The molecule has 0 fully saturated rings. The summed E-state index contributed by atoms with van der Waals surface area (Å²) in [6.07, 6.45) is -1.24. The van der Waals surface area contributed by atoms with Gasteiger partial charge in [0.2, 0.25) is 5.78 Å². The van der Waals surface area contributed by atoms with Gasteiger partial charge in [0, 0.05) is 6.42 Å². The van der Waals surface area contributed by atoms with E-state index >= 15 is 0 Å². The number of rotatable bonds is 7. The predicted molar refractivity (Wildman–Crippen MR) is 59.6 cm³/mol. The second-order valence-electron chi connectivity index (χ2n) is 3.61. The van der Waals surface area contributed by atoms with Crippen molar-refractivity contribution in [2.24, 2.45) is 0 Å². The predicted octanol–water partition coefficient (Wildman–Crippen LogP) is 3.86. The second kappa shape index (κ2) is 6.93. The Balaban J connectivity index is 3.76. The normalized spacial score (nSPS) is 11.7. The third kappa shape index (κ3) is 8.30. The average Bonchev–Trinajstić information content (AvgIpc) is 2.19. The first kappa shape index (κ1) is 15.5. The minimum Gasteiger partial charge on any atom is -0.509 e. The average molecular weight is 248 g/mol. The van der Waals surface area contributed by atoms with Crippen molar-refractivity contribution in [2.75, 3.05) is 0 Å². The molecule has 0 saturated carbocycles. The molecule has 0 aromatic carbocycles. The summed E-state index contributed by atoms with van der Waals surface area (Å²) in [5.41, 5.74) is 0.666. The van der Waals surface area contributed by atoms with Gasteiger partial charge in [0.15, 0.2) is 0 Å². The summed E-state index contributed by atoms with van der Waals surface area (Å²) in [5, 5.41) is 8.74. The molecule has 0 heterocycles. The number of alkyl halides is 3. The molecule has 0 bridgehead atoms. The Morgan fingerprint density at radius 1 is 1.12 bits per heavy atom. The zero-order valence-corrected chi connectivity index (χ0v) is 9.39. The fourth-order valence-corrected chi connectivity index (χ4v) is 1.08. The maximum Gasteiger partial charge on any atom is 0.449 e. The van der Waals surface area contributed by atoms with Crippen molar-refractivity contribution in [1.82, 2.24) is 0 Å². The van der Waals surface area contributed by atoms with Gasteiger partial charge in [-0.05, 0) is 25.3 Å².